The number of aliphatic hydroxyl groups excluding tert-OH is 1. The molecule has 8 heteroatoms. The summed E-state index contributed by atoms with van der Waals surface area (Å²) in [5.41, 5.74) is 2.23. The average Bonchev–Trinajstić information content (AvgIpc) is 2.86. The first-order valence-corrected chi connectivity index (χ1v) is 6.32. The summed E-state index contributed by atoms with van der Waals surface area (Å²) < 4.78 is 12.4. The summed E-state index contributed by atoms with van der Waals surface area (Å²) in [7, 11) is 0. The number of hydrogen-bond acceptors (Lipinski definition) is 7. The van der Waals surface area contributed by atoms with Crippen LogP contribution in [0.15, 0.2) is 17.1 Å². The van der Waals surface area contributed by atoms with E-state index in [1.54, 1.807) is 0 Å². The Hall–Kier alpha value is -1.95. The van der Waals surface area contributed by atoms with Gasteiger partial charge in [-0.25, -0.2) is 4.79 Å². The molecule has 0 bridgehead atoms. The monoisotopic (exact) mass is 276 g/mol. The second-order valence-corrected chi connectivity index (χ2v) is 5.35. The van der Waals surface area contributed by atoms with E-state index in [2.05, 4.69) is 11.1 Å². The van der Waals surface area contributed by atoms with Gasteiger partial charge in [0.1, 0.15) is 17.5 Å². The zero-order valence-corrected chi connectivity index (χ0v) is 10.4. The summed E-state index contributed by atoms with van der Waals surface area (Å²) in [6.45, 7) is 0.472. The van der Waals surface area contributed by atoms with Crippen LogP contribution in [0.1, 0.15) is 6.42 Å². The Morgan fingerprint density at radius 3 is 2.95 bits per heavy atom. The molecule has 2 unspecified atom stereocenters. The number of fused-ring (bicyclic) bond motifs is 2. The first kappa shape index (κ1) is 11.8. The van der Waals surface area contributed by atoms with Gasteiger partial charge in [0.05, 0.1) is 24.7 Å². The van der Waals surface area contributed by atoms with Crippen molar-refractivity contribution in [3.05, 3.63) is 22.7 Å². The third-order valence-electron chi connectivity index (χ3n) is 4.49. The summed E-state index contributed by atoms with van der Waals surface area (Å²) in [5, 5.41) is 19.4. The van der Waals surface area contributed by atoms with Crippen molar-refractivity contribution in [3.63, 3.8) is 0 Å². The minimum atomic E-state index is -1.59. The standard InChI is InChI=1S/C12H12N4O4/c13-5-12(16-3-1-6(14)15-10(16)18)11(2-4-19-11)7-8(17)9(7)20-12/h1,3,7-9,17H,2,4H2,(H2,14,15,18)/t7?,8?,9-,11+,12+/m0/s1. The Labute approximate surface area is 113 Å². The van der Waals surface area contributed by atoms with Crippen LogP contribution in [-0.4, -0.2) is 39.1 Å². The van der Waals surface area contributed by atoms with E-state index in [4.69, 9.17) is 15.2 Å². The van der Waals surface area contributed by atoms with E-state index < -0.39 is 29.2 Å². The summed E-state index contributed by atoms with van der Waals surface area (Å²) in [6.07, 6.45) is 0.818. The summed E-state index contributed by atoms with van der Waals surface area (Å²) in [4.78, 5) is 15.7. The molecule has 0 amide bonds. The molecule has 2 saturated heterocycles. The third-order valence-corrected chi connectivity index (χ3v) is 4.49. The van der Waals surface area contributed by atoms with E-state index in [0.29, 0.717) is 13.0 Å². The topological polar surface area (TPSA) is 123 Å². The fourth-order valence-electron chi connectivity index (χ4n) is 3.42. The SMILES string of the molecule is N#C[C@@]1(n2ccc(N)nc2=O)O[C@@H]2C(O)C2[C@]12CCO2. The molecule has 2 aliphatic heterocycles. The number of hydrogen-bond donors (Lipinski definition) is 2. The highest BCUT2D eigenvalue weighted by Crippen LogP contribution is 2.64. The van der Waals surface area contributed by atoms with Crippen molar-refractivity contribution >= 4 is 5.82 Å². The molecule has 1 aromatic heterocycles. The number of anilines is 1. The molecule has 104 valence electrons. The van der Waals surface area contributed by atoms with Gasteiger partial charge < -0.3 is 20.3 Å². The molecule has 4 rings (SSSR count). The van der Waals surface area contributed by atoms with E-state index in [0.717, 1.165) is 4.57 Å². The largest absolute Gasteiger partial charge is 0.390 e. The molecule has 8 nitrogen and oxygen atoms in total. The Morgan fingerprint density at radius 1 is 1.65 bits per heavy atom. The number of rotatable bonds is 1. The van der Waals surface area contributed by atoms with Crippen LogP contribution in [0.25, 0.3) is 0 Å². The van der Waals surface area contributed by atoms with E-state index in [1.807, 2.05) is 0 Å². The maximum atomic E-state index is 12.0. The molecule has 3 N–H and O–H groups in total. The molecule has 3 heterocycles. The number of aliphatic hydroxyl groups is 1. The normalized spacial score (nSPS) is 44.7. The second kappa shape index (κ2) is 3.38. The molecule has 0 radical (unpaired) electrons. The van der Waals surface area contributed by atoms with Gasteiger partial charge in [-0.15, -0.1) is 0 Å². The van der Waals surface area contributed by atoms with E-state index >= 15 is 0 Å². The molecule has 1 spiro atoms. The lowest BCUT2D eigenvalue weighted by Gasteiger charge is -2.48. The van der Waals surface area contributed by atoms with Crippen LogP contribution in [0, 0.1) is 17.2 Å². The molecule has 3 aliphatic rings. The number of nitrogen functional groups attached to an aromatic ring is 1. The van der Waals surface area contributed by atoms with Gasteiger partial charge >= 0.3 is 5.69 Å². The maximum Gasteiger partial charge on any atom is 0.352 e. The minimum absolute atomic E-state index is 0.0751. The summed E-state index contributed by atoms with van der Waals surface area (Å²) in [5.74, 6) is -0.202. The Morgan fingerprint density at radius 2 is 2.40 bits per heavy atom. The quantitative estimate of drug-likeness (QED) is 0.643. The van der Waals surface area contributed by atoms with Gasteiger partial charge in [0, 0.05) is 12.6 Å². The molecule has 1 aliphatic carbocycles. The van der Waals surface area contributed by atoms with Crippen molar-refractivity contribution in [2.45, 2.75) is 30.0 Å². The number of nitrogens with zero attached hydrogens (tertiary/aromatic N) is 3. The number of nitriles is 1. The molecule has 1 saturated carbocycles. The lowest BCUT2D eigenvalue weighted by molar-refractivity contribution is -0.264. The predicted octanol–water partition coefficient (Wildman–Crippen LogP) is -1.45. The fraction of sp³-hybridized carbons (Fsp3) is 0.583. The van der Waals surface area contributed by atoms with Crippen molar-refractivity contribution in [2.24, 2.45) is 5.92 Å². The van der Waals surface area contributed by atoms with Gasteiger partial charge in [0.2, 0.25) is 0 Å². The molecular weight excluding hydrogens is 264 g/mol. The summed E-state index contributed by atoms with van der Waals surface area (Å²) >= 11 is 0. The van der Waals surface area contributed by atoms with Gasteiger partial charge in [-0.05, 0) is 6.07 Å². The molecule has 0 aromatic carbocycles. The van der Waals surface area contributed by atoms with Crippen LogP contribution < -0.4 is 11.4 Å². The molecule has 3 fully saturated rings. The highest BCUT2D eigenvalue weighted by atomic mass is 16.6. The van der Waals surface area contributed by atoms with E-state index in [-0.39, 0.29) is 11.7 Å². The number of nitrogens with two attached hydrogens (primary N) is 1. The molecular formula is C12H12N4O4. The van der Waals surface area contributed by atoms with Crippen LogP contribution in [0.4, 0.5) is 5.82 Å². The second-order valence-electron chi connectivity index (χ2n) is 5.35. The molecule has 1 aromatic rings. The Kier molecular flexibility index (Phi) is 2.00. The van der Waals surface area contributed by atoms with Gasteiger partial charge in [-0.1, -0.05) is 0 Å². The van der Waals surface area contributed by atoms with Crippen LogP contribution >= 0.6 is 0 Å². The zero-order valence-electron chi connectivity index (χ0n) is 10.4. The Bertz CT molecular complexity index is 691. The van der Waals surface area contributed by atoms with Crippen molar-refractivity contribution in [3.8, 4) is 6.07 Å². The zero-order chi connectivity index (χ0) is 14.1. The van der Waals surface area contributed by atoms with Crippen LogP contribution in [0.2, 0.25) is 0 Å². The van der Waals surface area contributed by atoms with Gasteiger partial charge in [0.15, 0.2) is 0 Å². The first-order valence-electron chi connectivity index (χ1n) is 6.32. The van der Waals surface area contributed by atoms with E-state index in [9.17, 15) is 15.2 Å². The minimum Gasteiger partial charge on any atom is -0.390 e. The van der Waals surface area contributed by atoms with Crippen LogP contribution in [-0.2, 0) is 15.2 Å². The van der Waals surface area contributed by atoms with Gasteiger partial charge in [-0.3, -0.25) is 4.57 Å². The van der Waals surface area contributed by atoms with Crippen LogP contribution in [0.5, 0.6) is 0 Å². The van der Waals surface area contributed by atoms with Crippen molar-refractivity contribution < 1.29 is 14.6 Å². The number of aromatic nitrogens is 2. The summed E-state index contributed by atoms with van der Waals surface area (Å²) in [6, 6.07) is 3.48. The highest BCUT2D eigenvalue weighted by Gasteiger charge is 2.82. The maximum absolute atomic E-state index is 12.0. The first-order chi connectivity index (χ1) is 9.56. The van der Waals surface area contributed by atoms with Crippen molar-refractivity contribution in [1.82, 2.24) is 9.55 Å². The van der Waals surface area contributed by atoms with Gasteiger partial charge in [0.25, 0.3) is 5.72 Å². The van der Waals surface area contributed by atoms with Crippen molar-refractivity contribution in [1.29, 1.82) is 5.26 Å². The average molecular weight is 276 g/mol. The predicted molar refractivity (Wildman–Crippen MR) is 64.2 cm³/mol. The highest BCUT2D eigenvalue weighted by molar-refractivity contribution is 5.32. The van der Waals surface area contributed by atoms with Gasteiger partial charge in [-0.2, -0.15) is 10.2 Å². The van der Waals surface area contributed by atoms with E-state index in [1.165, 1.54) is 12.3 Å². The van der Waals surface area contributed by atoms with Crippen LogP contribution in [0.3, 0.4) is 0 Å². The molecule has 5 atom stereocenters. The fourth-order valence-corrected chi connectivity index (χ4v) is 3.42. The lowest BCUT2D eigenvalue weighted by Crippen LogP contribution is -2.65. The van der Waals surface area contributed by atoms with Crippen molar-refractivity contribution in [2.75, 3.05) is 12.3 Å². The smallest absolute Gasteiger partial charge is 0.352 e. The Balaban J connectivity index is 1.90. The molecule has 20 heavy (non-hydrogen) atoms. The third kappa shape index (κ3) is 1.08. The lowest BCUT2D eigenvalue weighted by atomic mass is 9.80. The number of ether oxygens (including phenoxy) is 2.